The van der Waals surface area contributed by atoms with Gasteiger partial charge in [-0.15, -0.1) is 0 Å². The highest BCUT2D eigenvalue weighted by Gasteiger charge is 2.29. The zero-order valence-corrected chi connectivity index (χ0v) is 10.2. The Bertz CT molecular complexity index is 391. The van der Waals surface area contributed by atoms with E-state index in [4.69, 9.17) is 15.2 Å². The second-order valence-electron chi connectivity index (χ2n) is 4.41. The fourth-order valence-electron chi connectivity index (χ4n) is 1.89. The molecule has 3 N–H and O–H groups in total. The summed E-state index contributed by atoms with van der Waals surface area (Å²) < 4.78 is 10.7. The summed E-state index contributed by atoms with van der Waals surface area (Å²) in [6.45, 7) is 3.62. The number of hydrogen-bond acceptors (Lipinski definition) is 6. The second kappa shape index (κ2) is 4.75. The summed E-state index contributed by atoms with van der Waals surface area (Å²) in [4.78, 5) is 8.02. The van der Waals surface area contributed by atoms with Crippen LogP contribution in [0.4, 0.5) is 11.8 Å². The second-order valence-corrected chi connectivity index (χ2v) is 4.41. The van der Waals surface area contributed by atoms with E-state index in [1.165, 1.54) is 0 Å². The van der Waals surface area contributed by atoms with Crippen molar-refractivity contribution in [3.8, 4) is 5.88 Å². The van der Waals surface area contributed by atoms with Gasteiger partial charge >= 0.3 is 0 Å². The van der Waals surface area contributed by atoms with Gasteiger partial charge in [-0.3, -0.25) is 0 Å². The first-order valence-corrected chi connectivity index (χ1v) is 5.68. The van der Waals surface area contributed by atoms with Crippen molar-refractivity contribution in [1.82, 2.24) is 9.97 Å². The quantitative estimate of drug-likeness (QED) is 0.815. The van der Waals surface area contributed by atoms with E-state index < -0.39 is 0 Å². The van der Waals surface area contributed by atoms with E-state index in [2.05, 4.69) is 22.2 Å². The van der Waals surface area contributed by atoms with Gasteiger partial charge in [0.2, 0.25) is 11.8 Å². The number of methoxy groups -OCH3 is 1. The maximum atomic E-state index is 5.68. The van der Waals surface area contributed by atoms with Crippen LogP contribution in [-0.2, 0) is 4.74 Å². The van der Waals surface area contributed by atoms with E-state index >= 15 is 0 Å². The summed E-state index contributed by atoms with van der Waals surface area (Å²) in [5, 5.41) is 3.21. The Morgan fingerprint density at radius 3 is 3.06 bits per heavy atom. The fraction of sp³-hybridized carbons (Fsp3) is 0.636. The lowest BCUT2D eigenvalue weighted by Gasteiger charge is -2.23. The Balaban J connectivity index is 2.00. The van der Waals surface area contributed by atoms with E-state index in [0.717, 1.165) is 19.4 Å². The van der Waals surface area contributed by atoms with Gasteiger partial charge in [0.05, 0.1) is 12.7 Å². The highest BCUT2D eigenvalue weighted by Crippen LogP contribution is 2.25. The fourth-order valence-corrected chi connectivity index (χ4v) is 1.89. The number of rotatable bonds is 4. The molecule has 2 heterocycles. The molecule has 0 bridgehead atoms. The number of aromatic nitrogens is 2. The van der Waals surface area contributed by atoms with Crippen LogP contribution >= 0.6 is 0 Å². The molecule has 1 aromatic heterocycles. The summed E-state index contributed by atoms with van der Waals surface area (Å²) >= 11 is 0. The minimum Gasteiger partial charge on any atom is -0.481 e. The van der Waals surface area contributed by atoms with Crippen LogP contribution in [0.15, 0.2) is 6.07 Å². The van der Waals surface area contributed by atoms with Crippen LogP contribution in [0.1, 0.15) is 19.8 Å². The lowest BCUT2D eigenvalue weighted by atomic mass is 10.0. The number of nitrogens with two attached hydrogens (primary N) is 1. The third-order valence-corrected chi connectivity index (χ3v) is 2.87. The van der Waals surface area contributed by atoms with Crippen molar-refractivity contribution in [3.05, 3.63) is 6.07 Å². The van der Waals surface area contributed by atoms with E-state index in [-0.39, 0.29) is 11.5 Å². The number of nitrogen functional groups attached to an aromatic ring is 1. The molecule has 17 heavy (non-hydrogen) atoms. The van der Waals surface area contributed by atoms with Crippen molar-refractivity contribution in [2.45, 2.75) is 25.4 Å². The molecular formula is C11H18N4O2. The largest absolute Gasteiger partial charge is 0.481 e. The Labute approximate surface area is 101 Å². The molecule has 1 atom stereocenters. The zero-order valence-electron chi connectivity index (χ0n) is 10.2. The normalized spacial score (nSPS) is 23.6. The summed E-state index contributed by atoms with van der Waals surface area (Å²) in [5.41, 5.74) is 5.46. The maximum absolute atomic E-state index is 5.68. The zero-order chi connectivity index (χ0) is 12.3. The molecule has 1 unspecified atom stereocenters. The third-order valence-electron chi connectivity index (χ3n) is 2.87. The van der Waals surface area contributed by atoms with E-state index in [0.29, 0.717) is 18.2 Å². The molecule has 1 aliphatic rings. The van der Waals surface area contributed by atoms with Crippen LogP contribution in [0.5, 0.6) is 5.88 Å². The minimum absolute atomic E-state index is 0.118. The van der Waals surface area contributed by atoms with Crippen LogP contribution in [0.25, 0.3) is 0 Å². The SMILES string of the molecule is COc1cc(NCC2(C)CCCO2)nc(N)n1. The van der Waals surface area contributed by atoms with Crippen LogP contribution in [-0.4, -0.2) is 35.8 Å². The van der Waals surface area contributed by atoms with Crippen molar-refractivity contribution in [3.63, 3.8) is 0 Å². The predicted molar refractivity (Wildman–Crippen MR) is 65.1 cm³/mol. The van der Waals surface area contributed by atoms with Gasteiger partial charge in [-0.1, -0.05) is 0 Å². The molecule has 6 heteroatoms. The molecule has 0 aromatic carbocycles. The Morgan fingerprint density at radius 1 is 1.59 bits per heavy atom. The van der Waals surface area contributed by atoms with Gasteiger partial charge in [0, 0.05) is 19.2 Å². The number of nitrogens with one attached hydrogen (secondary N) is 1. The first-order chi connectivity index (χ1) is 8.11. The molecule has 0 aliphatic carbocycles. The molecule has 94 valence electrons. The summed E-state index contributed by atoms with van der Waals surface area (Å²) in [5.74, 6) is 1.31. The molecule has 0 radical (unpaired) electrons. The summed E-state index contributed by atoms with van der Waals surface area (Å²) in [6, 6.07) is 1.72. The van der Waals surface area contributed by atoms with E-state index in [1.807, 2.05) is 0 Å². The molecule has 0 spiro atoms. The summed E-state index contributed by atoms with van der Waals surface area (Å²) in [6.07, 6.45) is 2.16. The van der Waals surface area contributed by atoms with Crippen molar-refractivity contribution >= 4 is 11.8 Å². The van der Waals surface area contributed by atoms with Gasteiger partial charge in [0.1, 0.15) is 5.82 Å². The molecule has 2 rings (SSSR count). The van der Waals surface area contributed by atoms with Crippen molar-refractivity contribution in [1.29, 1.82) is 0 Å². The van der Waals surface area contributed by atoms with Gasteiger partial charge in [0.25, 0.3) is 0 Å². The number of nitrogens with zero attached hydrogens (tertiary/aromatic N) is 2. The third kappa shape index (κ3) is 2.97. The molecule has 6 nitrogen and oxygen atoms in total. The van der Waals surface area contributed by atoms with Gasteiger partial charge in [-0.05, 0) is 19.8 Å². The Kier molecular flexibility index (Phi) is 3.33. The van der Waals surface area contributed by atoms with Crippen molar-refractivity contribution < 1.29 is 9.47 Å². The monoisotopic (exact) mass is 238 g/mol. The Hall–Kier alpha value is -1.56. The molecule has 0 saturated carbocycles. The van der Waals surface area contributed by atoms with Gasteiger partial charge < -0.3 is 20.5 Å². The smallest absolute Gasteiger partial charge is 0.225 e. The predicted octanol–water partition coefficient (Wildman–Crippen LogP) is 1.05. The van der Waals surface area contributed by atoms with Crippen molar-refractivity contribution in [2.75, 3.05) is 31.3 Å². The lowest BCUT2D eigenvalue weighted by molar-refractivity contribution is 0.0314. The van der Waals surface area contributed by atoms with Crippen LogP contribution in [0, 0.1) is 0 Å². The van der Waals surface area contributed by atoms with Gasteiger partial charge in [-0.25, -0.2) is 0 Å². The highest BCUT2D eigenvalue weighted by atomic mass is 16.5. The molecule has 1 aromatic rings. The Morgan fingerprint density at radius 2 is 2.41 bits per heavy atom. The first kappa shape index (κ1) is 11.9. The van der Waals surface area contributed by atoms with Gasteiger partial charge in [0.15, 0.2) is 0 Å². The highest BCUT2D eigenvalue weighted by molar-refractivity contribution is 5.43. The lowest BCUT2D eigenvalue weighted by Crippen LogP contribution is -2.32. The van der Waals surface area contributed by atoms with Crippen LogP contribution in [0.3, 0.4) is 0 Å². The minimum atomic E-state index is -0.118. The maximum Gasteiger partial charge on any atom is 0.225 e. The number of ether oxygens (including phenoxy) is 2. The average molecular weight is 238 g/mol. The van der Waals surface area contributed by atoms with Crippen LogP contribution < -0.4 is 15.8 Å². The topological polar surface area (TPSA) is 82.3 Å². The van der Waals surface area contributed by atoms with Crippen molar-refractivity contribution in [2.24, 2.45) is 0 Å². The molecular weight excluding hydrogens is 220 g/mol. The average Bonchev–Trinajstić information content (AvgIpc) is 2.73. The summed E-state index contributed by atoms with van der Waals surface area (Å²) in [7, 11) is 1.55. The molecule has 0 amide bonds. The van der Waals surface area contributed by atoms with Gasteiger partial charge in [-0.2, -0.15) is 9.97 Å². The molecule has 1 aliphatic heterocycles. The van der Waals surface area contributed by atoms with E-state index in [9.17, 15) is 0 Å². The number of hydrogen-bond donors (Lipinski definition) is 2. The van der Waals surface area contributed by atoms with E-state index in [1.54, 1.807) is 13.2 Å². The standard InChI is InChI=1S/C11H18N4O2/c1-11(4-3-5-17-11)7-13-8-6-9(16-2)15-10(12)14-8/h6H,3-5,7H2,1-2H3,(H3,12,13,14,15). The van der Waals surface area contributed by atoms with Crippen LogP contribution in [0.2, 0.25) is 0 Å². The molecule has 1 fully saturated rings. The first-order valence-electron chi connectivity index (χ1n) is 5.68. The number of anilines is 2. The molecule has 1 saturated heterocycles.